The highest BCUT2D eigenvalue weighted by Crippen LogP contribution is 2.26. The van der Waals surface area contributed by atoms with Gasteiger partial charge in [-0.3, -0.25) is 4.79 Å². The number of benzene rings is 1. The molecule has 0 radical (unpaired) electrons. The molecular weight excluding hydrogens is 256 g/mol. The van der Waals surface area contributed by atoms with E-state index in [-0.39, 0.29) is 0 Å². The third-order valence-corrected chi connectivity index (χ3v) is 4.44. The van der Waals surface area contributed by atoms with Crippen LogP contribution in [0.2, 0.25) is 0 Å². The average molecular weight is 280 g/mol. The minimum absolute atomic E-state index is 0.565. The van der Waals surface area contributed by atoms with E-state index in [4.69, 9.17) is 5.11 Å². The minimum atomic E-state index is -0.709. The van der Waals surface area contributed by atoms with E-state index in [0.717, 1.165) is 18.6 Å². The van der Waals surface area contributed by atoms with Crippen LogP contribution in [0.4, 0.5) is 0 Å². The molecule has 1 aromatic carbocycles. The number of carbonyl (C=O) groups is 1. The van der Waals surface area contributed by atoms with E-state index >= 15 is 0 Å². The second-order valence-corrected chi connectivity index (χ2v) is 7.03. The largest absolute Gasteiger partial charge is 0.481 e. The predicted octanol–water partition coefficient (Wildman–Crippen LogP) is 4.79. The number of carboxylic acid groups (broad SMARTS) is 1. The molecule has 0 amide bonds. The van der Waals surface area contributed by atoms with Crippen molar-refractivity contribution in [2.75, 3.05) is 5.75 Å². The summed E-state index contributed by atoms with van der Waals surface area (Å²) >= 11 is 1.80. The summed E-state index contributed by atoms with van der Waals surface area (Å²) in [5.41, 5.74) is 0.749. The zero-order chi connectivity index (χ0) is 14.5. The fraction of sp³-hybridized carbons (Fsp3) is 0.562. The first kappa shape index (κ1) is 16.1. The third kappa shape index (κ3) is 5.27. The summed E-state index contributed by atoms with van der Waals surface area (Å²) in [6, 6.07) is 8.66. The van der Waals surface area contributed by atoms with Crippen LogP contribution in [0.3, 0.4) is 0 Å². The standard InChI is InChI=1S/C16H24O2S/c1-12(2)13-6-8-14(9-7-13)19-11-5-10-16(3,4)15(17)18/h6-9,12H,5,10-11H2,1-4H3,(H,17,18). The molecule has 0 bridgehead atoms. The van der Waals surface area contributed by atoms with Crippen molar-refractivity contribution < 1.29 is 9.90 Å². The van der Waals surface area contributed by atoms with Crippen LogP contribution < -0.4 is 0 Å². The van der Waals surface area contributed by atoms with Crippen LogP contribution in [0.15, 0.2) is 29.2 Å². The van der Waals surface area contributed by atoms with Gasteiger partial charge in [0.05, 0.1) is 5.41 Å². The Morgan fingerprint density at radius 1 is 1.26 bits per heavy atom. The van der Waals surface area contributed by atoms with Crippen molar-refractivity contribution in [2.24, 2.45) is 5.41 Å². The summed E-state index contributed by atoms with van der Waals surface area (Å²) in [6.45, 7) is 7.96. The van der Waals surface area contributed by atoms with Gasteiger partial charge in [0.2, 0.25) is 0 Å². The highest BCUT2D eigenvalue weighted by Gasteiger charge is 2.25. The van der Waals surface area contributed by atoms with Crippen molar-refractivity contribution in [2.45, 2.75) is 51.3 Å². The molecule has 1 aromatic rings. The Balaban J connectivity index is 2.36. The topological polar surface area (TPSA) is 37.3 Å². The molecule has 0 saturated carbocycles. The monoisotopic (exact) mass is 280 g/mol. The van der Waals surface area contributed by atoms with Gasteiger partial charge >= 0.3 is 5.97 Å². The Hall–Kier alpha value is -0.960. The third-order valence-electron chi connectivity index (χ3n) is 3.34. The number of thioether (sulfide) groups is 1. The molecule has 0 saturated heterocycles. The SMILES string of the molecule is CC(C)c1ccc(SCCCC(C)(C)C(=O)O)cc1. The molecular formula is C16H24O2S. The second-order valence-electron chi connectivity index (χ2n) is 5.86. The maximum atomic E-state index is 11.0. The van der Waals surface area contributed by atoms with Crippen LogP contribution >= 0.6 is 11.8 Å². The molecule has 19 heavy (non-hydrogen) atoms. The van der Waals surface area contributed by atoms with Crippen LogP contribution in [-0.2, 0) is 4.79 Å². The van der Waals surface area contributed by atoms with E-state index in [1.807, 2.05) is 0 Å². The van der Waals surface area contributed by atoms with Crippen molar-refractivity contribution in [3.8, 4) is 0 Å². The molecule has 2 nitrogen and oxygen atoms in total. The van der Waals surface area contributed by atoms with Gasteiger partial charge in [-0.05, 0) is 56.1 Å². The number of hydrogen-bond acceptors (Lipinski definition) is 2. The van der Waals surface area contributed by atoms with Crippen LogP contribution in [0, 0.1) is 5.41 Å². The molecule has 0 aliphatic carbocycles. The lowest BCUT2D eigenvalue weighted by atomic mass is 9.88. The normalized spacial score (nSPS) is 11.8. The Bertz CT molecular complexity index is 407. The summed E-state index contributed by atoms with van der Waals surface area (Å²) in [4.78, 5) is 12.2. The number of rotatable bonds is 7. The van der Waals surface area contributed by atoms with Crippen LogP contribution in [0.25, 0.3) is 0 Å². The van der Waals surface area contributed by atoms with Crippen molar-refractivity contribution in [1.29, 1.82) is 0 Å². The molecule has 106 valence electrons. The zero-order valence-corrected chi connectivity index (χ0v) is 13.1. The number of aliphatic carboxylic acids is 1. The number of hydrogen-bond donors (Lipinski definition) is 1. The van der Waals surface area contributed by atoms with E-state index in [1.54, 1.807) is 25.6 Å². The Morgan fingerprint density at radius 2 is 1.84 bits per heavy atom. The van der Waals surface area contributed by atoms with E-state index in [2.05, 4.69) is 38.1 Å². The second kappa shape index (κ2) is 6.99. The molecule has 1 rings (SSSR count). The lowest BCUT2D eigenvalue weighted by Crippen LogP contribution is -2.23. The lowest BCUT2D eigenvalue weighted by molar-refractivity contribution is -0.147. The highest BCUT2D eigenvalue weighted by atomic mass is 32.2. The fourth-order valence-electron chi connectivity index (χ4n) is 1.76. The summed E-state index contributed by atoms with van der Waals surface area (Å²) in [5.74, 6) is 0.826. The predicted molar refractivity (Wildman–Crippen MR) is 81.9 cm³/mol. The first-order valence-electron chi connectivity index (χ1n) is 6.79. The van der Waals surface area contributed by atoms with Gasteiger partial charge in [0, 0.05) is 4.90 Å². The summed E-state index contributed by atoms with van der Waals surface area (Å²) in [5, 5.41) is 9.03. The molecule has 3 heteroatoms. The van der Waals surface area contributed by atoms with Crippen LogP contribution in [0.5, 0.6) is 0 Å². The van der Waals surface area contributed by atoms with E-state index < -0.39 is 11.4 Å². The lowest BCUT2D eigenvalue weighted by Gasteiger charge is -2.18. The van der Waals surface area contributed by atoms with E-state index in [9.17, 15) is 4.79 Å². The Labute approximate surface area is 120 Å². The quantitative estimate of drug-likeness (QED) is 0.576. The first-order valence-corrected chi connectivity index (χ1v) is 7.77. The van der Waals surface area contributed by atoms with Gasteiger partial charge in [0.25, 0.3) is 0 Å². The summed E-state index contributed by atoms with van der Waals surface area (Å²) in [7, 11) is 0. The van der Waals surface area contributed by atoms with Crippen molar-refractivity contribution >= 4 is 17.7 Å². The molecule has 0 aliphatic heterocycles. The fourth-order valence-corrected chi connectivity index (χ4v) is 2.61. The van der Waals surface area contributed by atoms with Crippen molar-refractivity contribution in [3.05, 3.63) is 29.8 Å². The van der Waals surface area contributed by atoms with Gasteiger partial charge in [-0.2, -0.15) is 0 Å². The van der Waals surface area contributed by atoms with Gasteiger partial charge in [-0.1, -0.05) is 26.0 Å². The van der Waals surface area contributed by atoms with Crippen molar-refractivity contribution in [3.63, 3.8) is 0 Å². The number of carboxylic acids is 1. The zero-order valence-electron chi connectivity index (χ0n) is 12.3. The Morgan fingerprint density at radius 3 is 2.32 bits per heavy atom. The minimum Gasteiger partial charge on any atom is -0.481 e. The van der Waals surface area contributed by atoms with E-state index in [0.29, 0.717) is 5.92 Å². The van der Waals surface area contributed by atoms with Crippen LogP contribution in [-0.4, -0.2) is 16.8 Å². The smallest absolute Gasteiger partial charge is 0.309 e. The Kier molecular flexibility index (Phi) is 5.92. The van der Waals surface area contributed by atoms with Crippen LogP contribution in [0.1, 0.15) is 52.0 Å². The van der Waals surface area contributed by atoms with E-state index in [1.165, 1.54) is 10.5 Å². The van der Waals surface area contributed by atoms with Crippen molar-refractivity contribution in [1.82, 2.24) is 0 Å². The summed E-state index contributed by atoms with van der Waals surface area (Å²) in [6.07, 6.45) is 1.65. The average Bonchev–Trinajstić information content (AvgIpc) is 2.35. The molecule has 1 N–H and O–H groups in total. The molecule has 0 atom stereocenters. The van der Waals surface area contributed by atoms with Gasteiger partial charge < -0.3 is 5.11 Å². The molecule has 0 aromatic heterocycles. The molecule has 0 fully saturated rings. The maximum Gasteiger partial charge on any atom is 0.309 e. The molecule has 0 unspecified atom stereocenters. The first-order chi connectivity index (χ1) is 8.83. The van der Waals surface area contributed by atoms with Gasteiger partial charge in [0.15, 0.2) is 0 Å². The van der Waals surface area contributed by atoms with Gasteiger partial charge in [-0.15, -0.1) is 11.8 Å². The molecule has 0 spiro atoms. The summed E-state index contributed by atoms with van der Waals surface area (Å²) < 4.78 is 0. The maximum absolute atomic E-state index is 11.0. The molecule has 0 aliphatic rings. The highest BCUT2D eigenvalue weighted by molar-refractivity contribution is 7.99. The van der Waals surface area contributed by atoms with Gasteiger partial charge in [-0.25, -0.2) is 0 Å². The van der Waals surface area contributed by atoms with Gasteiger partial charge in [0.1, 0.15) is 0 Å². The molecule has 0 heterocycles.